The molecule has 2 aromatic rings. The maximum Gasteiger partial charge on any atom is 0.252 e. The molecule has 4 nitrogen and oxygen atoms in total. The van der Waals surface area contributed by atoms with Crippen LogP contribution in [0, 0.1) is 19.1 Å². The number of thioether (sulfide) groups is 1. The number of anilines is 1. The zero-order valence-corrected chi connectivity index (χ0v) is 13.1. The van der Waals surface area contributed by atoms with E-state index in [0.29, 0.717) is 5.03 Å². The monoisotopic (exact) mass is 302 g/mol. The van der Waals surface area contributed by atoms with Gasteiger partial charge in [-0.1, -0.05) is 17.7 Å². The van der Waals surface area contributed by atoms with Gasteiger partial charge in [0.15, 0.2) is 6.20 Å². The molecule has 0 bridgehead atoms. The SMILES string of the molecule is Cc1ccc(NC(=O)[C@H](C)Sc2cccc[n+]2[O-])c(C)c1. The fourth-order valence-corrected chi connectivity index (χ4v) is 2.78. The fraction of sp³-hybridized carbons (Fsp3) is 0.250. The molecule has 110 valence electrons. The predicted octanol–water partition coefficient (Wildman–Crippen LogP) is 3.06. The van der Waals surface area contributed by atoms with Crippen LogP contribution in [0.15, 0.2) is 47.6 Å². The van der Waals surface area contributed by atoms with E-state index in [1.165, 1.54) is 18.0 Å². The van der Waals surface area contributed by atoms with Crippen molar-refractivity contribution >= 4 is 23.4 Å². The molecule has 1 aromatic carbocycles. The number of carbonyl (C=O) groups excluding carboxylic acids is 1. The molecule has 1 atom stereocenters. The summed E-state index contributed by atoms with van der Waals surface area (Å²) < 4.78 is 0.769. The molecule has 0 aliphatic carbocycles. The van der Waals surface area contributed by atoms with Crippen molar-refractivity contribution in [1.82, 2.24) is 0 Å². The summed E-state index contributed by atoms with van der Waals surface area (Å²) in [6.07, 6.45) is 1.43. The minimum absolute atomic E-state index is 0.115. The van der Waals surface area contributed by atoms with Gasteiger partial charge >= 0.3 is 0 Å². The molecule has 2 rings (SSSR count). The Hall–Kier alpha value is -2.01. The predicted molar refractivity (Wildman–Crippen MR) is 85.3 cm³/mol. The van der Waals surface area contributed by atoms with Crippen LogP contribution in [0.3, 0.4) is 0 Å². The van der Waals surface area contributed by atoms with Crippen LogP contribution >= 0.6 is 11.8 Å². The Balaban J connectivity index is 2.04. The Labute approximate surface area is 128 Å². The van der Waals surface area contributed by atoms with Crippen molar-refractivity contribution in [2.24, 2.45) is 0 Å². The van der Waals surface area contributed by atoms with Gasteiger partial charge < -0.3 is 10.5 Å². The van der Waals surface area contributed by atoms with E-state index in [4.69, 9.17) is 0 Å². The zero-order chi connectivity index (χ0) is 15.4. The van der Waals surface area contributed by atoms with E-state index in [-0.39, 0.29) is 11.2 Å². The second-order valence-electron chi connectivity index (χ2n) is 4.93. The van der Waals surface area contributed by atoms with Crippen LogP contribution in [-0.4, -0.2) is 11.2 Å². The Morgan fingerprint density at radius 1 is 1.29 bits per heavy atom. The number of pyridine rings is 1. The first-order valence-corrected chi connectivity index (χ1v) is 7.58. The molecular formula is C16H18N2O2S. The summed E-state index contributed by atoms with van der Waals surface area (Å²) in [5.41, 5.74) is 2.99. The largest absolute Gasteiger partial charge is 0.618 e. The van der Waals surface area contributed by atoms with E-state index in [1.807, 2.05) is 32.0 Å². The molecule has 0 aliphatic rings. The first-order valence-electron chi connectivity index (χ1n) is 6.70. The Bertz CT molecular complexity index is 658. The van der Waals surface area contributed by atoms with Crippen molar-refractivity contribution in [1.29, 1.82) is 0 Å². The maximum absolute atomic E-state index is 12.2. The van der Waals surface area contributed by atoms with Crippen molar-refractivity contribution in [3.05, 3.63) is 58.9 Å². The summed E-state index contributed by atoms with van der Waals surface area (Å²) in [5.74, 6) is -0.115. The van der Waals surface area contributed by atoms with Crippen molar-refractivity contribution in [2.75, 3.05) is 5.32 Å². The summed E-state index contributed by atoms with van der Waals surface area (Å²) in [6.45, 7) is 5.76. The fourth-order valence-electron chi connectivity index (χ4n) is 1.93. The van der Waals surface area contributed by atoms with E-state index in [2.05, 4.69) is 5.32 Å². The van der Waals surface area contributed by atoms with E-state index in [1.54, 1.807) is 25.1 Å². The molecule has 1 aromatic heterocycles. The first-order chi connectivity index (χ1) is 9.97. The molecule has 0 radical (unpaired) electrons. The van der Waals surface area contributed by atoms with E-state index >= 15 is 0 Å². The molecule has 0 saturated heterocycles. The number of aryl methyl sites for hydroxylation is 2. The Morgan fingerprint density at radius 2 is 2.05 bits per heavy atom. The summed E-state index contributed by atoms with van der Waals surface area (Å²) in [4.78, 5) is 12.2. The Morgan fingerprint density at radius 3 is 2.71 bits per heavy atom. The third-order valence-corrected chi connectivity index (χ3v) is 4.22. The van der Waals surface area contributed by atoms with Crippen LogP contribution in [-0.2, 0) is 4.79 Å². The number of nitrogens with zero attached hydrogens (tertiary/aromatic N) is 1. The van der Waals surface area contributed by atoms with Crippen LogP contribution in [0.25, 0.3) is 0 Å². The van der Waals surface area contributed by atoms with Crippen molar-refractivity contribution in [2.45, 2.75) is 31.0 Å². The smallest absolute Gasteiger partial charge is 0.252 e. The topological polar surface area (TPSA) is 56.0 Å². The number of aromatic nitrogens is 1. The highest BCUT2D eigenvalue weighted by molar-refractivity contribution is 8.00. The zero-order valence-electron chi connectivity index (χ0n) is 12.3. The summed E-state index contributed by atoms with van der Waals surface area (Å²) in [6, 6.07) is 11.0. The highest BCUT2D eigenvalue weighted by Gasteiger charge is 2.19. The Kier molecular flexibility index (Phi) is 4.85. The van der Waals surface area contributed by atoms with Gasteiger partial charge in [0.25, 0.3) is 5.03 Å². The molecule has 1 heterocycles. The molecule has 0 spiro atoms. The highest BCUT2D eigenvalue weighted by Crippen LogP contribution is 2.22. The van der Waals surface area contributed by atoms with Gasteiger partial charge in [0.1, 0.15) is 0 Å². The molecule has 0 unspecified atom stereocenters. The van der Waals surface area contributed by atoms with E-state index < -0.39 is 0 Å². The van der Waals surface area contributed by atoms with Gasteiger partial charge in [0.2, 0.25) is 5.91 Å². The lowest BCUT2D eigenvalue weighted by Crippen LogP contribution is -2.30. The molecule has 0 fully saturated rings. The molecule has 0 aliphatic heterocycles. The molecule has 1 amide bonds. The molecule has 21 heavy (non-hydrogen) atoms. The lowest BCUT2D eigenvalue weighted by atomic mass is 10.1. The number of nitrogens with one attached hydrogen (secondary N) is 1. The van der Waals surface area contributed by atoms with Gasteiger partial charge in [-0.2, -0.15) is 4.73 Å². The second-order valence-corrected chi connectivity index (χ2v) is 6.29. The average molecular weight is 302 g/mol. The second kappa shape index (κ2) is 6.63. The molecule has 5 heteroatoms. The van der Waals surface area contributed by atoms with Crippen LogP contribution < -0.4 is 10.0 Å². The number of hydrogen-bond donors (Lipinski definition) is 1. The van der Waals surface area contributed by atoms with Crippen LogP contribution in [0.2, 0.25) is 0 Å². The average Bonchev–Trinajstić information content (AvgIpc) is 2.44. The minimum Gasteiger partial charge on any atom is -0.618 e. The van der Waals surface area contributed by atoms with E-state index in [0.717, 1.165) is 21.5 Å². The molecular weight excluding hydrogens is 284 g/mol. The quantitative estimate of drug-likeness (QED) is 0.536. The highest BCUT2D eigenvalue weighted by atomic mass is 32.2. The number of benzene rings is 1. The summed E-state index contributed by atoms with van der Waals surface area (Å²) >= 11 is 1.24. The van der Waals surface area contributed by atoms with Crippen molar-refractivity contribution < 1.29 is 9.52 Å². The van der Waals surface area contributed by atoms with Gasteiger partial charge in [-0.05, 0) is 50.2 Å². The lowest BCUT2D eigenvalue weighted by molar-refractivity contribution is -0.645. The minimum atomic E-state index is -0.353. The van der Waals surface area contributed by atoms with Crippen molar-refractivity contribution in [3.8, 4) is 0 Å². The molecule has 1 N–H and O–H groups in total. The van der Waals surface area contributed by atoms with Gasteiger partial charge in [-0.15, -0.1) is 0 Å². The normalized spacial score (nSPS) is 12.0. The first kappa shape index (κ1) is 15.4. The van der Waals surface area contributed by atoms with Gasteiger partial charge in [0, 0.05) is 17.8 Å². The van der Waals surface area contributed by atoms with Crippen molar-refractivity contribution in [3.63, 3.8) is 0 Å². The lowest BCUT2D eigenvalue weighted by Gasteiger charge is -2.13. The van der Waals surface area contributed by atoms with Crippen LogP contribution in [0.5, 0.6) is 0 Å². The van der Waals surface area contributed by atoms with E-state index in [9.17, 15) is 10.0 Å². The van der Waals surface area contributed by atoms with Gasteiger partial charge in [-0.3, -0.25) is 4.79 Å². The van der Waals surface area contributed by atoms with Gasteiger partial charge in [-0.25, -0.2) is 0 Å². The number of rotatable bonds is 4. The van der Waals surface area contributed by atoms with Crippen LogP contribution in [0.4, 0.5) is 5.69 Å². The number of hydrogen-bond acceptors (Lipinski definition) is 3. The number of amides is 1. The third kappa shape index (κ3) is 3.98. The standard InChI is InChI=1S/C16H18N2O2S/c1-11-7-8-14(12(2)10-11)17-16(19)13(3)21-15-6-4-5-9-18(15)20/h4-10,13H,1-3H3,(H,17,19)/t13-/m0/s1. The third-order valence-electron chi connectivity index (χ3n) is 3.10. The summed E-state index contributed by atoms with van der Waals surface area (Å²) in [7, 11) is 0. The number of carbonyl (C=O) groups is 1. The van der Waals surface area contributed by atoms with Gasteiger partial charge in [0.05, 0.1) is 5.25 Å². The maximum atomic E-state index is 12.2. The molecule has 0 saturated carbocycles. The van der Waals surface area contributed by atoms with Crippen LogP contribution in [0.1, 0.15) is 18.1 Å². The summed E-state index contributed by atoms with van der Waals surface area (Å²) in [5, 5.41) is 14.7.